The van der Waals surface area contributed by atoms with Crippen molar-refractivity contribution >= 4 is 0 Å². The second-order valence-electron chi connectivity index (χ2n) is 3.01. The monoisotopic (exact) mass is 148 g/mol. The number of allylic oxidation sites excluding steroid dienone is 4. The molecule has 58 valence electrons. The smallest absolute Gasteiger partial charge is 0.107 e. The van der Waals surface area contributed by atoms with Crippen molar-refractivity contribution in [1.29, 1.82) is 0 Å². The highest BCUT2D eigenvalue weighted by molar-refractivity contribution is 5.02. The van der Waals surface area contributed by atoms with Crippen LogP contribution in [-0.2, 0) is 4.74 Å². The largest absolute Gasteiger partial charge is 0.466 e. The van der Waals surface area contributed by atoms with Gasteiger partial charge in [0, 0.05) is 12.8 Å². The van der Waals surface area contributed by atoms with Gasteiger partial charge in [-0.05, 0) is 37.8 Å². The van der Waals surface area contributed by atoms with Crippen LogP contribution in [0.3, 0.4) is 0 Å². The number of ether oxygens (including phenoxy) is 1. The Labute approximate surface area is 67.7 Å². The van der Waals surface area contributed by atoms with Gasteiger partial charge in [0.1, 0.15) is 11.5 Å². The Morgan fingerprint density at radius 3 is 1.82 bits per heavy atom. The second kappa shape index (κ2) is 3.12. The Morgan fingerprint density at radius 2 is 1.45 bits per heavy atom. The van der Waals surface area contributed by atoms with Crippen LogP contribution in [0.25, 0.3) is 0 Å². The summed E-state index contributed by atoms with van der Waals surface area (Å²) in [6, 6.07) is 0. The number of hydrogen-bond acceptors (Lipinski definition) is 1. The fraction of sp³-hybridized carbons (Fsp3) is 0.600. The molecule has 0 aromatic rings. The van der Waals surface area contributed by atoms with E-state index in [1.165, 1.54) is 12.8 Å². The topological polar surface area (TPSA) is 9.23 Å². The lowest BCUT2D eigenvalue weighted by molar-refractivity contribution is 0.284. The third kappa shape index (κ3) is 1.65. The lowest BCUT2D eigenvalue weighted by Crippen LogP contribution is -1.87. The molecule has 0 aliphatic heterocycles. The Morgan fingerprint density at radius 1 is 0.909 bits per heavy atom. The van der Waals surface area contributed by atoms with Gasteiger partial charge in [-0.2, -0.15) is 0 Å². The van der Waals surface area contributed by atoms with Crippen LogP contribution in [0.15, 0.2) is 11.5 Å². The van der Waals surface area contributed by atoms with E-state index >= 15 is 0 Å². The first-order chi connectivity index (χ1) is 5.45. The van der Waals surface area contributed by atoms with Crippen LogP contribution < -0.4 is 0 Å². The number of rotatable bonds is 2. The lowest BCUT2D eigenvalue weighted by atomic mass is 10.3. The van der Waals surface area contributed by atoms with Crippen molar-refractivity contribution in [3.05, 3.63) is 23.7 Å². The van der Waals surface area contributed by atoms with E-state index in [2.05, 4.69) is 12.2 Å². The van der Waals surface area contributed by atoms with E-state index in [0.29, 0.717) is 0 Å². The molecule has 11 heavy (non-hydrogen) atoms. The molecule has 0 aromatic heterocycles. The van der Waals surface area contributed by atoms with Gasteiger partial charge in [-0.25, -0.2) is 0 Å². The first-order valence-corrected chi connectivity index (χ1v) is 4.32. The molecule has 2 radical (unpaired) electrons. The molecule has 2 rings (SSSR count). The van der Waals surface area contributed by atoms with Gasteiger partial charge >= 0.3 is 0 Å². The van der Waals surface area contributed by atoms with Gasteiger partial charge in [0.05, 0.1) is 0 Å². The van der Waals surface area contributed by atoms with E-state index in [1.54, 1.807) is 0 Å². The third-order valence-electron chi connectivity index (χ3n) is 2.05. The molecule has 0 spiro atoms. The molecule has 0 heterocycles. The fourth-order valence-corrected chi connectivity index (χ4v) is 1.45. The van der Waals surface area contributed by atoms with Crippen LogP contribution in [0.1, 0.15) is 38.5 Å². The molecule has 0 fully saturated rings. The van der Waals surface area contributed by atoms with E-state index in [9.17, 15) is 0 Å². The molecule has 0 unspecified atom stereocenters. The zero-order valence-corrected chi connectivity index (χ0v) is 6.65. The average Bonchev–Trinajstić information content (AvgIpc) is 2.60. The summed E-state index contributed by atoms with van der Waals surface area (Å²) in [5, 5.41) is 0. The molecule has 0 atom stereocenters. The van der Waals surface area contributed by atoms with Crippen LogP contribution in [0.5, 0.6) is 0 Å². The zero-order chi connectivity index (χ0) is 7.52. The van der Waals surface area contributed by atoms with E-state index in [-0.39, 0.29) is 0 Å². The summed E-state index contributed by atoms with van der Waals surface area (Å²) < 4.78 is 5.58. The fourth-order valence-electron chi connectivity index (χ4n) is 1.45. The molecule has 0 amide bonds. The molecular weight excluding hydrogens is 136 g/mol. The van der Waals surface area contributed by atoms with Gasteiger partial charge in [-0.15, -0.1) is 0 Å². The van der Waals surface area contributed by atoms with Crippen molar-refractivity contribution in [2.45, 2.75) is 38.5 Å². The molecular formula is C10H12O. The maximum Gasteiger partial charge on any atom is 0.107 e. The maximum absolute atomic E-state index is 5.58. The standard InChI is InChI=1S/C10H12O/c1-2-6-9(5-1)11-10-7-3-4-8-10/h1-5,7H2. The molecule has 0 saturated carbocycles. The van der Waals surface area contributed by atoms with Crippen molar-refractivity contribution in [3.8, 4) is 0 Å². The van der Waals surface area contributed by atoms with Crippen LogP contribution in [0, 0.1) is 12.2 Å². The van der Waals surface area contributed by atoms with Crippen molar-refractivity contribution < 1.29 is 4.74 Å². The summed E-state index contributed by atoms with van der Waals surface area (Å²) >= 11 is 0. The third-order valence-corrected chi connectivity index (χ3v) is 2.05. The minimum absolute atomic E-state index is 1.05. The molecule has 0 bridgehead atoms. The van der Waals surface area contributed by atoms with Crippen LogP contribution in [0.2, 0.25) is 0 Å². The predicted octanol–water partition coefficient (Wildman–Crippen LogP) is 2.74. The quantitative estimate of drug-likeness (QED) is 0.585. The first-order valence-electron chi connectivity index (χ1n) is 4.32. The summed E-state index contributed by atoms with van der Waals surface area (Å²) in [5.41, 5.74) is 0. The minimum Gasteiger partial charge on any atom is -0.466 e. The molecule has 0 aromatic carbocycles. The van der Waals surface area contributed by atoms with Gasteiger partial charge in [0.25, 0.3) is 0 Å². The molecule has 0 saturated heterocycles. The predicted molar refractivity (Wildman–Crippen MR) is 42.3 cm³/mol. The van der Waals surface area contributed by atoms with Gasteiger partial charge in [-0.1, -0.05) is 0 Å². The Kier molecular flexibility index (Phi) is 1.97. The Balaban J connectivity index is 1.89. The molecule has 2 aliphatic carbocycles. The summed E-state index contributed by atoms with van der Waals surface area (Å²) in [6.45, 7) is 0. The van der Waals surface area contributed by atoms with Crippen molar-refractivity contribution in [1.82, 2.24) is 0 Å². The van der Waals surface area contributed by atoms with Gasteiger partial charge in [-0.3, -0.25) is 0 Å². The Hall–Kier alpha value is -0.720. The van der Waals surface area contributed by atoms with Gasteiger partial charge in [0.15, 0.2) is 0 Å². The Bertz CT molecular complexity index is 179. The minimum atomic E-state index is 1.05. The summed E-state index contributed by atoms with van der Waals surface area (Å²) in [4.78, 5) is 0. The maximum atomic E-state index is 5.58. The normalized spacial score (nSPS) is 23.3. The van der Waals surface area contributed by atoms with Crippen LogP contribution >= 0.6 is 0 Å². The number of hydrogen-bond donors (Lipinski definition) is 0. The van der Waals surface area contributed by atoms with Crippen LogP contribution in [0.4, 0.5) is 0 Å². The van der Waals surface area contributed by atoms with Crippen molar-refractivity contribution in [3.63, 3.8) is 0 Å². The van der Waals surface area contributed by atoms with Crippen molar-refractivity contribution in [2.75, 3.05) is 0 Å². The summed E-state index contributed by atoms with van der Waals surface area (Å²) in [5.74, 6) is 2.10. The molecule has 2 aliphatic rings. The van der Waals surface area contributed by atoms with E-state index in [0.717, 1.165) is 37.2 Å². The van der Waals surface area contributed by atoms with Gasteiger partial charge in [0.2, 0.25) is 0 Å². The molecule has 1 heteroatoms. The van der Waals surface area contributed by atoms with Gasteiger partial charge < -0.3 is 4.74 Å². The highest BCUT2D eigenvalue weighted by Crippen LogP contribution is 2.25. The summed E-state index contributed by atoms with van der Waals surface area (Å²) in [6.07, 6.45) is 13.1. The average molecular weight is 148 g/mol. The van der Waals surface area contributed by atoms with Crippen LogP contribution in [-0.4, -0.2) is 0 Å². The van der Waals surface area contributed by atoms with E-state index in [1.807, 2.05) is 0 Å². The lowest BCUT2D eigenvalue weighted by Gasteiger charge is -2.05. The van der Waals surface area contributed by atoms with E-state index < -0.39 is 0 Å². The van der Waals surface area contributed by atoms with Crippen molar-refractivity contribution in [2.24, 2.45) is 0 Å². The molecule has 1 nitrogen and oxygen atoms in total. The SMILES string of the molecule is [C]1=C(OC2=[C]CCC2)CCC1. The first kappa shape index (κ1) is 6.96. The summed E-state index contributed by atoms with van der Waals surface area (Å²) in [7, 11) is 0. The second-order valence-corrected chi connectivity index (χ2v) is 3.01. The molecule has 0 N–H and O–H groups in total. The highest BCUT2D eigenvalue weighted by Gasteiger charge is 2.11. The van der Waals surface area contributed by atoms with E-state index in [4.69, 9.17) is 4.74 Å². The zero-order valence-electron chi connectivity index (χ0n) is 6.65. The highest BCUT2D eigenvalue weighted by atomic mass is 16.5.